The zero-order chi connectivity index (χ0) is 14.8. The second-order valence-electron chi connectivity index (χ2n) is 3.25. The lowest BCUT2D eigenvalue weighted by molar-refractivity contribution is -0.108. The standard InChI is InChI=1S/C8H20N4O4Si4/c1-5-13-9-17-10(14-6-2)19-12(16-8-4)20-11(18-9)15-7-3/h5-8H2,1-4H3. The fraction of sp³-hybridized carbons (Fsp3) is 1.00. The molecule has 1 heterocycles. The normalized spacial score (nSPS) is 21.0. The molecule has 20 heavy (non-hydrogen) atoms. The first-order chi connectivity index (χ1) is 9.73. The van der Waals surface area contributed by atoms with Crippen LogP contribution in [-0.2, 0) is 19.4 Å². The lowest BCUT2D eigenvalue weighted by Crippen LogP contribution is -2.60. The van der Waals surface area contributed by atoms with Gasteiger partial charge in [0.2, 0.25) is 0 Å². The van der Waals surface area contributed by atoms with Crippen molar-refractivity contribution in [3.8, 4) is 0 Å². The summed E-state index contributed by atoms with van der Waals surface area (Å²) < 4.78 is 7.53. The van der Waals surface area contributed by atoms with Crippen molar-refractivity contribution in [3.63, 3.8) is 0 Å². The van der Waals surface area contributed by atoms with Crippen LogP contribution in [0.25, 0.3) is 0 Å². The number of nitrogens with zero attached hydrogens (tertiary/aromatic N) is 4. The van der Waals surface area contributed by atoms with Crippen LogP contribution in [0, 0.1) is 0 Å². The van der Waals surface area contributed by atoms with Gasteiger partial charge in [-0.05, 0) is 27.7 Å². The molecule has 0 aliphatic carbocycles. The summed E-state index contributed by atoms with van der Waals surface area (Å²) >= 11 is 0. The molecule has 0 N–H and O–H groups in total. The molecular formula is C8H20N4O4Si4. The van der Waals surface area contributed by atoms with E-state index >= 15 is 0 Å². The zero-order valence-electron chi connectivity index (χ0n) is 12.3. The number of hydrogen-bond acceptors (Lipinski definition) is 8. The highest BCUT2D eigenvalue weighted by atomic mass is 28.4. The summed E-state index contributed by atoms with van der Waals surface area (Å²) in [5, 5.41) is 0. The predicted molar refractivity (Wildman–Crippen MR) is 76.9 cm³/mol. The predicted octanol–water partition coefficient (Wildman–Crippen LogP) is -0.849. The SMILES string of the molecule is CCON1[Si]N(OCC)[Si]N(OCC)[Si]N(OCC)[Si]1. The van der Waals surface area contributed by atoms with Crippen molar-refractivity contribution in [2.75, 3.05) is 26.4 Å². The van der Waals surface area contributed by atoms with Crippen molar-refractivity contribution in [2.24, 2.45) is 0 Å². The van der Waals surface area contributed by atoms with Gasteiger partial charge >= 0.3 is 0 Å². The first-order valence-corrected chi connectivity index (χ1v) is 10.1. The van der Waals surface area contributed by atoms with Crippen LogP contribution < -0.4 is 0 Å². The maximum atomic E-state index is 5.63. The molecule has 0 aromatic rings. The summed E-state index contributed by atoms with van der Waals surface area (Å²) in [5.74, 6) is 0. The Hall–Kier alpha value is 0.548. The van der Waals surface area contributed by atoms with Crippen LogP contribution in [0.2, 0.25) is 0 Å². The lowest BCUT2D eigenvalue weighted by Gasteiger charge is -2.36. The van der Waals surface area contributed by atoms with Gasteiger partial charge in [0.15, 0.2) is 0 Å². The quantitative estimate of drug-likeness (QED) is 0.526. The van der Waals surface area contributed by atoms with E-state index in [1.165, 1.54) is 0 Å². The van der Waals surface area contributed by atoms with Crippen LogP contribution in [0.1, 0.15) is 27.7 Å². The molecule has 12 heteroatoms. The molecule has 1 aliphatic rings. The Labute approximate surface area is 131 Å². The monoisotopic (exact) mass is 348 g/mol. The molecule has 0 amide bonds. The number of rotatable bonds is 8. The summed E-state index contributed by atoms with van der Waals surface area (Å²) in [6.07, 6.45) is 0. The molecule has 8 nitrogen and oxygen atoms in total. The highest BCUT2D eigenvalue weighted by Crippen LogP contribution is 2.03. The molecule has 0 bridgehead atoms. The Morgan fingerprint density at radius 2 is 0.700 bits per heavy atom. The Morgan fingerprint density at radius 1 is 0.500 bits per heavy atom. The molecule has 0 aromatic heterocycles. The van der Waals surface area contributed by atoms with Crippen molar-refractivity contribution >= 4 is 39.4 Å². The molecule has 0 aromatic carbocycles. The molecule has 0 spiro atoms. The third-order valence-corrected chi connectivity index (χ3v) is 6.65. The van der Waals surface area contributed by atoms with Crippen molar-refractivity contribution in [1.29, 1.82) is 0 Å². The molecule has 1 rings (SSSR count). The molecule has 1 aliphatic heterocycles. The summed E-state index contributed by atoms with van der Waals surface area (Å²) in [4.78, 5) is 22.5. The van der Waals surface area contributed by atoms with Gasteiger partial charge in [-0.25, -0.2) is 0 Å². The maximum Gasteiger partial charge on any atom is 0.292 e. The summed E-state index contributed by atoms with van der Waals surface area (Å²) in [6, 6.07) is 0. The van der Waals surface area contributed by atoms with Crippen molar-refractivity contribution in [1.82, 2.24) is 17.6 Å². The van der Waals surface area contributed by atoms with Gasteiger partial charge < -0.3 is 19.4 Å². The third-order valence-electron chi connectivity index (χ3n) is 1.76. The lowest BCUT2D eigenvalue weighted by atomic mass is 10.9. The van der Waals surface area contributed by atoms with E-state index in [2.05, 4.69) is 0 Å². The molecule has 0 saturated carbocycles. The highest BCUT2D eigenvalue weighted by Gasteiger charge is 2.30. The van der Waals surface area contributed by atoms with E-state index in [4.69, 9.17) is 19.4 Å². The zero-order valence-corrected chi connectivity index (χ0v) is 16.3. The van der Waals surface area contributed by atoms with Crippen LogP contribution in [0.15, 0.2) is 0 Å². The van der Waals surface area contributed by atoms with Crippen LogP contribution in [-0.4, -0.2) is 83.4 Å². The Kier molecular flexibility index (Phi) is 10.4. The molecule has 8 radical (unpaired) electrons. The van der Waals surface area contributed by atoms with Gasteiger partial charge in [-0.1, -0.05) is 0 Å². The average molecular weight is 349 g/mol. The number of hydrogen-bond donors (Lipinski definition) is 0. The van der Waals surface area contributed by atoms with Crippen molar-refractivity contribution < 1.29 is 19.4 Å². The van der Waals surface area contributed by atoms with E-state index in [0.717, 1.165) is 0 Å². The van der Waals surface area contributed by atoms with Gasteiger partial charge in [-0.2, -0.15) is 17.6 Å². The molecule has 0 atom stereocenters. The minimum atomic E-state index is 0.275. The van der Waals surface area contributed by atoms with E-state index in [1.807, 2.05) is 45.3 Å². The molecule has 1 saturated heterocycles. The first kappa shape index (κ1) is 18.6. The summed E-state index contributed by atoms with van der Waals surface area (Å²) in [6.45, 7) is 10.4. The minimum Gasteiger partial charge on any atom is -0.311 e. The Bertz CT molecular complexity index is 203. The smallest absolute Gasteiger partial charge is 0.292 e. The van der Waals surface area contributed by atoms with Crippen LogP contribution >= 0.6 is 0 Å². The second-order valence-corrected chi connectivity index (χ2v) is 9.09. The van der Waals surface area contributed by atoms with E-state index in [1.54, 1.807) is 0 Å². The summed E-state index contributed by atoms with van der Waals surface area (Å²) in [7, 11) is 1.10. The Morgan fingerprint density at radius 3 is 0.850 bits per heavy atom. The molecule has 1 fully saturated rings. The fourth-order valence-electron chi connectivity index (χ4n) is 1.17. The maximum absolute atomic E-state index is 5.63. The van der Waals surface area contributed by atoms with Gasteiger partial charge in [0.25, 0.3) is 39.4 Å². The van der Waals surface area contributed by atoms with E-state index < -0.39 is 0 Å². The fourth-order valence-corrected chi connectivity index (χ4v) is 7.42. The van der Waals surface area contributed by atoms with Gasteiger partial charge in [0, 0.05) is 0 Å². The van der Waals surface area contributed by atoms with Crippen LogP contribution in [0.5, 0.6) is 0 Å². The molecular weight excluding hydrogens is 328 g/mol. The summed E-state index contributed by atoms with van der Waals surface area (Å²) in [5.41, 5.74) is 0. The van der Waals surface area contributed by atoms with Crippen molar-refractivity contribution in [3.05, 3.63) is 0 Å². The third kappa shape index (κ3) is 7.01. The first-order valence-electron chi connectivity index (χ1n) is 6.50. The molecule has 112 valence electrons. The van der Waals surface area contributed by atoms with Gasteiger partial charge in [-0.3, -0.25) is 0 Å². The van der Waals surface area contributed by atoms with E-state index in [0.29, 0.717) is 26.4 Å². The van der Waals surface area contributed by atoms with Crippen LogP contribution in [0.4, 0.5) is 0 Å². The van der Waals surface area contributed by atoms with Gasteiger partial charge in [0.05, 0.1) is 26.4 Å². The molecule has 0 unspecified atom stereocenters. The van der Waals surface area contributed by atoms with Gasteiger partial charge in [0.1, 0.15) is 0 Å². The van der Waals surface area contributed by atoms with E-state index in [9.17, 15) is 0 Å². The second kappa shape index (κ2) is 11.2. The van der Waals surface area contributed by atoms with Gasteiger partial charge in [-0.15, -0.1) is 0 Å². The van der Waals surface area contributed by atoms with E-state index in [-0.39, 0.29) is 39.4 Å². The van der Waals surface area contributed by atoms with Crippen LogP contribution in [0.3, 0.4) is 0 Å². The Balaban J connectivity index is 2.67. The minimum absolute atomic E-state index is 0.275. The largest absolute Gasteiger partial charge is 0.311 e. The topological polar surface area (TPSA) is 49.9 Å². The van der Waals surface area contributed by atoms with Crippen molar-refractivity contribution in [2.45, 2.75) is 27.7 Å². The highest BCUT2D eigenvalue weighted by molar-refractivity contribution is 6.63. The average Bonchev–Trinajstić information content (AvgIpc) is 2.37.